The number of amides is 1. The number of fused-ring (bicyclic) bond motifs is 1. The van der Waals surface area contributed by atoms with Crippen molar-refractivity contribution in [3.8, 4) is 22.8 Å². The molecule has 4 rings (SSSR count). The van der Waals surface area contributed by atoms with Gasteiger partial charge in [-0.2, -0.15) is 0 Å². The van der Waals surface area contributed by atoms with E-state index in [0.717, 1.165) is 28.4 Å². The molecule has 6 nitrogen and oxygen atoms in total. The van der Waals surface area contributed by atoms with Gasteiger partial charge in [0, 0.05) is 37.1 Å². The summed E-state index contributed by atoms with van der Waals surface area (Å²) in [5, 5.41) is 0. The zero-order valence-electron chi connectivity index (χ0n) is 17.4. The van der Waals surface area contributed by atoms with E-state index in [0.29, 0.717) is 45.0 Å². The molecular weight excluding hydrogens is 380 g/mol. The predicted octanol–water partition coefficient (Wildman–Crippen LogP) is 4.40. The van der Waals surface area contributed by atoms with Crippen molar-refractivity contribution in [2.45, 2.75) is 33.2 Å². The monoisotopic (exact) mass is 406 g/mol. The van der Waals surface area contributed by atoms with Crippen LogP contribution in [-0.4, -0.2) is 35.5 Å². The van der Waals surface area contributed by atoms with Gasteiger partial charge in [0.15, 0.2) is 23.1 Å². The van der Waals surface area contributed by atoms with E-state index in [9.17, 15) is 4.79 Å². The van der Waals surface area contributed by atoms with Crippen LogP contribution in [0.2, 0.25) is 0 Å². The van der Waals surface area contributed by atoms with E-state index >= 15 is 0 Å². The molecule has 2 aromatic carbocycles. The smallest absolute Gasteiger partial charge is 0.223 e. The Balaban J connectivity index is 1.38. The largest absolute Gasteiger partial charge is 0.486 e. The number of aromatic nitrogens is 1. The Bertz CT molecular complexity index is 1010. The third kappa shape index (κ3) is 4.48. The van der Waals surface area contributed by atoms with E-state index in [2.05, 4.69) is 4.98 Å². The number of hydrogen-bond donors (Lipinski definition) is 0. The molecule has 1 aromatic heterocycles. The maximum Gasteiger partial charge on any atom is 0.223 e. The number of aryl methyl sites for hydroxylation is 2. The van der Waals surface area contributed by atoms with Crippen LogP contribution in [0.25, 0.3) is 11.3 Å². The van der Waals surface area contributed by atoms with Gasteiger partial charge >= 0.3 is 0 Å². The molecule has 0 spiro atoms. The summed E-state index contributed by atoms with van der Waals surface area (Å²) in [5.41, 5.74) is 3.14. The van der Waals surface area contributed by atoms with Crippen molar-refractivity contribution >= 4 is 5.91 Å². The summed E-state index contributed by atoms with van der Waals surface area (Å²) in [7, 11) is 0. The first-order chi connectivity index (χ1) is 14.6. The Hall–Kier alpha value is -3.28. The molecule has 1 amide bonds. The van der Waals surface area contributed by atoms with Crippen molar-refractivity contribution in [2.24, 2.45) is 0 Å². The molecule has 0 saturated heterocycles. The number of benzene rings is 2. The van der Waals surface area contributed by atoms with Gasteiger partial charge in [-0.15, -0.1) is 0 Å². The molecule has 0 atom stereocenters. The summed E-state index contributed by atoms with van der Waals surface area (Å²) in [6.45, 7) is 6.20. The van der Waals surface area contributed by atoms with E-state index in [4.69, 9.17) is 13.9 Å². The first-order valence-corrected chi connectivity index (χ1v) is 10.3. The Morgan fingerprint density at radius 3 is 2.70 bits per heavy atom. The van der Waals surface area contributed by atoms with Crippen LogP contribution in [0.5, 0.6) is 11.5 Å². The fourth-order valence-electron chi connectivity index (χ4n) is 3.49. The fraction of sp³-hybridized carbons (Fsp3) is 0.333. The van der Waals surface area contributed by atoms with Crippen LogP contribution in [0, 0.1) is 6.92 Å². The molecule has 0 unspecified atom stereocenters. The standard InChI is InChI=1S/C24H26N2O4/c1-3-26(16-19-5-4-6-20-24(19)29-14-13-28-20)23(27)12-11-22-25-15-21(30-22)18-9-7-17(2)8-10-18/h4-10,15H,3,11-14,16H2,1-2H3. The van der Waals surface area contributed by atoms with Crippen molar-refractivity contribution in [1.29, 1.82) is 0 Å². The summed E-state index contributed by atoms with van der Waals surface area (Å²) >= 11 is 0. The minimum Gasteiger partial charge on any atom is -0.486 e. The summed E-state index contributed by atoms with van der Waals surface area (Å²) in [4.78, 5) is 19.0. The molecule has 0 aliphatic carbocycles. The Morgan fingerprint density at radius 1 is 1.10 bits per heavy atom. The van der Waals surface area contributed by atoms with Crippen LogP contribution in [-0.2, 0) is 17.8 Å². The molecule has 3 aromatic rings. The Morgan fingerprint density at radius 2 is 1.90 bits per heavy atom. The molecule has 0 bridgehead atoms. The third-order valence-corrected chi connectivity index (χ3v) is 5.19. The number of hydrogen-bond acceptors (Lipinski definition) is 5. The second kappa shape index (κ2) is 9.03. The molecule has 0 fully saturated rings. The van der Waals surface area contributed by atoms with Crippen LogP contribution >= 0.6 is 0 Å². The average Bonchev–Trinajstić information content (AvgIpc) is 3.25. The van der Waals surface area contributed by atoms with Crippen molar-refractivity contribution in [1.82, 2.24) is 9.88 Å². The molecule has 156 valence electrons. The van der Waals surface area contributed by atoms with Crippen LogP contribution in [0.4, 0.5) is 0 Å². The summed E-state index contributed by atoms with van der Waals surface area (Å²) < 4.78 is 17.3. The summed E-state index contributed by atoms with van der Waals surface area (Å²) in [5.74, 6) is 2.83. The molecule has 0 N–H and O–H groups in total. The zero-order chi connectivity index (χ0) is 20.9. The van der Waals surface area contributed by atoms with Gasteiger partial charge in [0.2, 0.25) is 5.91 Å². The molecule has 0 saturated carbocycles. The number of para-hydroxylation sites is 1. The van der Waals surface area contributed by atoms with E-state index in [1.54, 1.807) is 6.20 Å². The highest BCUT2D eigenvalue weighted by atomic mass is 16.6. The van der Waals surface area contributed by atoms with Crippen LogP contribution in [0.15, 0.2) is 53.1 Å². The Kier molecular flexibility index (Phi) is 6.02. The minimum atomic E-state index is 0.0573. The Labute approximate surface area is 176 Å². The number of nitrogens with zero attached hydrogens (tertiary/aromatic N) is 2. The van der Waals surface area contributed by atoms with Crippen molar-refractivity contribution in [3.05, 3.63) is 65.7 Å². The average molecular weight is 406 g/mol. The van der Waals surface area contributed by atoms with Crippen LogP contribution < -0.4 is 9.47 Å². The highest BCUT2D eigenvalue weighted by Gasteiger charge is 2.20. The summed E-state index contributed by atoms with van der Waals surface area (Å²) in [6, 6.07) is 13.9. The lowest BCUT2D eigenvalue weighted by atomic mass is 10.1. The fourth-order valence-corrected chi connectivity index (χ4v) is 3.49. The predicted molar refractivity (Wildman–Crippen MR) is 114 cm³/mol. The number of ether oxygens (including phenoxy) is 2. The van der Waals surface area contributed by atoms with Gasteiger partial charge < -0.3 is 18.8 Å². The van der Waals surface area contributed by atoms with Gasteiger partial charge in [-0.3, -0.25) is 4.79 Å². The second-order valence-electron chi connectivity index (χ2n) is 7.33. The number of rotatable bonds is 7. The first-order valence-electron chi connectivity index (χ1n) is 10.3. The first kappa shape index (κ1) is 20.0. The van der Waals surface area contributed by atoms with E-state index in [1.165, 1.54) is 5.56 Å². The van der Waals surface area contributed by atoms with Gasteiger partial charge in [0.05, 0.1) is 6.20 Å². The SMILES string of the molecule is CCN(Cc1cccc2c1OCCO2)C(=O)CCc1ncc(-c2ccc(C)cc2)o1. The van der Waals surface area contributed by atoms with E-state index in [1.807, 2.05) is 61.2 Å². The highest BCUT2D eigenvalue weighted by molar-refractivity contribution is 5.76. The maximum atomic E-state index is 12.8. The lowest BCUT2D eigenvalue weighted by Gasteiger charge is -2.25. The molecule has 1 aliphatic heterocycles. The molecule has 1 aliphatic rings. The molecule has 6 heteroatoms. The molecular formula is C24H26N2O4. The lowest BCUT2D eigenvalue weighted by Crippen LogP contribution is -2.31. The van der Waals surface area contributed by atoms with Gasteiger partial charge in [-0.05, 0) is 19.9 Å². The van der Waals surface area contributed by atoms with Crippen LogP contribution in [0.1, 0.15) is 30.4 Å². The topological polar surface area (TPSA) is 64.8 Å². The second-order valence-corrected chi connectivity index (χ2v) is 7.33. The molecule has 0 radical (unpaired) electrons. The van der Waals surface area contributed by atoms with Crippen LogP contribution in [0.3, 0.4) is 0 Å². The van der Waals surface area contributed by atoms with E-state index < -0.39 is 0 Å². The van der Waals surface area contributed by atoms with Gasteiger partial charge in [-0.1, -0.05) is 42.0 Å². The van der Waals surface area contributed by atoms with Gasteiger partial charge in [0.1, 0.15) is 13.2 Å². The number of oxazole rings is 1. The maximum absolute atomic E-state index is 12.8. The lowest BCUT2D eigenvalue weighted by molar-refractivity contribution is -0.131. The van der Waals surface area contributed by atoms with Crippen molar-refractivity contribution in [3.63, 3.8) is 0 Å². The van der Waals surface area contributed by atoms with E-state index in [-0.39, 0.29) is 5.91 Å². The minimum absolute atomic E-state index is 0.0573. The quantitative estimate of drug-likeness (QED) is 0.582. The number of carbonyl (C=O) groups excluding carboxylic acids is 1. The van der Waals surface area contributed by atoms with Crippen molar-refractivity contribution < 1.29 is 18.7 Å². The summed E-state index contributed by atoms with van der Waals surface area (Å²) in [6.07, 6.45) is 2.53. The third-order valence-electron chi connectivity index (χ3n) is 5.19. The van der Waals surface area contributed by atoms with Gasteiger partial charge in [0.25, 0.3) is 0 Å². The van der Waals surface area contributed by atoms with Crippen molar-refractivity contribution in [2.75, 3.05) is 19.8 Å². The zero-order valence-corrected chi connectivity index (χ0v) is 17.4. The number of carbonyl (C=O) groups is 1. The normalized spacial score (nSPS) is 12.6. The highest BCUT2D eigenvalue weighted by Crippen LogP contribution is 2.34. The molecule has 30 heavy (non-hydrogen) atoms. The van der Waals surface area contributed by atoms with Gasteiger partial charge in [-0.25, -0.2) is 4.98 Å². The molecule has 2 heterocycles.